The van der Waals surface area contributed by atoms with E-state index in [0.717, 1.165) is 11.4 Å². The van der Waals surface area contributed by atoms with Crippen LogP contribution in [0.25, 0.3) is 0 Å². The van der Waals surface area contributed by atoms with E-state index in [-0.39, 0.29) is 5.91 Å². The number of unbranched alkanes of at least 4 members (excludes halogenated alkanes) is 2. The van der Waals surface area contributed by atoms with Crippen molar-refractivity contribution in [3.63, 3.8) is 0 Å². The van der Waals surface area contributed by atoms with Crippen LogP contribution in [0, 0.1) is 0 Å². The Morgan fingerprint density at radius 1 is 1.21 bits per heavy atom. The number of carbonyl (C=O) groups is 1. The van der Waals surface area contributed by atoms with Crippen molar-refractivity contribution < 1.29 is 4.79 Å². The largest absolute Gasteiger partial charge is 0.383 e. The number of hydrogen-bond donors (Lipinski definition) is 2. The van der Waals surface area contributed by atoms with Gasteiger partial charge in [0, 0.05) is 23.8 Å². The van der Waals surface area contributed by atoms with E-state index in [1.165, 1.54) is 25.7 Å². The van der Waals surface area contributed by atoms with E-state index in [0.29, 0.717) is 12.5 Å². The second-order valence-electron chi connectivity index (χ2n) is 5.02. The maximum atomic E-state index is 11.4. The Hall–Kier alpha value is -1.51. The van der Waals surface area contributed by atoms with Gasteiger partial charge in [-0.25, -0.2) is 0 Å². The van der Waals surface area contributed by atoms with Crippen LogP contribution in [0.3, 0.4) is 0 Å². The Labute approximate surface area is 116 Å². The van der Waals surface area contributed by atoms with Crippen LogP contribution in [0.4, 0.5) is 11.4 Å². The maximum Gasteiger partial charge on any atom is 0.224 e. The van der Waals surface area contributed by atoms with E-state index in [1.54, 1.807) is 0 Å². The first-order valence-corrected chi connectivity index (χ1v) is 7.32. The second-order valence-corrected chi connectivity index (χ2v) is 5.02. The molecule has 3 heteroatoms. The monoisotopic (exact) mass is 262 g/mol. The molecule has 106 valence electrons. The van der Waals surface area contributed by atoms with Gasteiger partial charge in [0.05, 0.1) is 0 Å². The van der Waals surface area contributed by atoms with Crippen molar-refractivity contribution in [2.75, 3.05) is 10.6 Å². The molecule has 1 aromatic carbocycles. The van der Waals surface area contributed by atoms with Crippen LogP contribution < -0.4 is 10.6 Å². The van der Waals surface area contributed by atoms with E-state index in [1.807, 2.05) is 31.2 Å². The topological polar surface area (TPSA) is 41.1 Å². The van der Waals surface area contributed by atoms with Gasteiger partial charge in [-0.2, -0.15) is 0 Å². The van der Waals surface area contributed by atoms with Crippen molar-refractivity contribution in [3.05, 3.63) is 24.3 Å². The average molecular weight is 262 g/mol. The van der Waals surface area contributed by atoms with Crippen molar-refractivity contribution >= 4 is 17.3 Å². The highest BCUT2D eigenvalue weighted by molar-refractivity contribution is 5.90. The number of rotatable bonds is 8. The smallest absolute Gasteiger partial charge is 0.224 e. The minimum atomic E-state index is 0.0492. The normalized spacial score (nSPS) is 11.9. The lowest BCUT2D eigenvalue weighted by Gasteiger charge is -2.16. The van der Waals surface area contributed by atoms with Gasteiger partial charge < -0.3 is 10.6 Å². The first-order chi connectivity index (χ1) is 9.15. The summed E-state index contributed by atoms with van der Waals surface area (Å²) in [6.45, 7) is 6.28. The Bertz CT molecular complexity index is 390. The molecule has 0 aliphatic heterocycles. The molecule has 1 aromatic rings. The van der Waals surface area contributed by atoms with Gasteiger partial charge >= 0.3 is 0 Å². The molecular formula is C16H26N2O. The number of benzene rings is 1. The summed E-state index contributed by atoms with van der Waals surface area (Å²) in [5, 5.41) is 6.36. The van der Waals surface area contributed by atoms with Gasteiger partial charge in [-0.1, -0.05) is 39.2 Å². The van der Waals surface area contributed by atoms with Gasteiger partial charge in [0.25, 0.3) is 0 Å². The summed E-state index contributed by atoms with van der Waals surface area (Å²) in [6, 6.07) is 8.37. The molecule has 2 N–H and O–H groups in total. The summed E-state index contributed by atoms with van der Waals surface area (Å²) in [5.74, 6) is 0.0492. The number of nitrogens with one attached hydrogen (secondary N) is 2. The molecule has 1 unspecified atom stereocenters. The summed E-state index contributed by atoms with van der Waals surface area (Å²) in [5.41, 5.74) is 1.93. The lowest BCUT2D eigenvalue weighted by Crippen LogP contribution is -2.15. The Morgan fingerprint density at radius 2 is 1.95 bits per heavy atom. The molecule has 3 nitrogen and oxygen atoms in total. The molecule has 0 aliphatic rings. The number of anilines is 2. The molecule has 0 saturated carbocycles. The number of carbonyl (C=O) groups excluding carboxylic acids is 1. The Kier molecular flexibility index (Phi) is 7.01. The van der Waals surface area contributed by atoms with Crippen LogP contribution in [-0.4, -0.2) is 11.9 Å². The van der Waals surface area contributed by atoms with Crippen LogP contribution >= 0.6 is 0 Å². The fraction of sp³-hybridized carbons (Fsp3) is 0.562. The zero-order chi connectivity index (χ0) is 14.1. The lowest BCUT2D eigenvalue weighted by molar-refractivity contribution is -0.115. The van der Waals surface area contributed by atoms with Crippen molar-refractivity contribution in [1.82, 2.24) is 0 Å². The first-order valence-electron chi connectivity index (χ1n) is 7.32. The second kappa shape index (κ2) is 8.57. The fourth-order valence-corrected chi connectivity index (χ4v) is 1.99. The summed E-state index contributed by atoms with van der Waals surface area (Å²) in [6.07, 6.45) is 5.49. The summed E-state index contributed by atoms with van der Waals surface area (Å²) >= 11 is 0. The van der Waals surface area contributed by atoms with E-state index in [2.05, 4.69) is 24.5 Å². The van der Waals surface area contributed by atoms with Gasteiger partial charge in [0.15, 0.2) is 0 Å². The molecule has 0 spiro atoms. The molecule has 0 bridgehead atoms. The van der Waals surface area contributed by atoms with Gasteiger partial charge in [0.1, 0.15) is 0 Å². The van der Waals surface area contributed by atoms with Gasteiger partial charge in [-0.3, -0.25) is 4.79 Å². The van der Waals surface area contributed by atoms with Crippen molar-refractivity contribution in [1.29, 1.82) is 0 Å². The third-order valence-corrected chi connectivity index (χ3v) is 3.12. The zero-order valence-electron chi connectivity index (χ0n) is 12.3. The molecule has 1 atom stereocenters. The standard InChI is InChI=1S/C16H26N2O/c1-4-6-7-9-13(3)17-14-10-8-11-15(12-14)18-16(19)5-2/h8,10-13,17H,4-7,9H2,1-3H3,(H,18,19). The molecule has 0 aromatic heterocycles. The highest BCUT2D eigenvalue weighted by Gasteiger charge is 2.03. The van der Waals surface area contributed by atoms with Crippen LogP contribution in [0.1, 0.15) is 52.9 Å². The quantitative estimate of drug-likeness (QED) is 0.681. The van der Waals surface area contributed by atoms with E-state index in [9.17, 15) is 4.79 Å². The molecule has 0 aliphatic carbocycles. The number of hydrogen-bond acceptors (Lipinski definition) is 2. The van der Waals surface area contributed by atoms with Crippen molar-refractivity contribution in [3.8, 4) is 0 Å². The van der Waals surface area contributed by atoms with Crippen molar-refractivity contribution in [2.45, 2.75) is 58.9 Å². The Balaban J connectivity index is 2.49. The molecule has 0 heterocycles. The molecule has 0 fully saturated rings. The summed E-state index contributed by atoms with van der Waals surface area (Å²) in [7, 11) is 0. The highest BCUT2D eigenvalue weighted by atomic mass is 16.1. The Morgan fingerprint density at radius 3 is 2.63 bits per heavy atom. The number of amides is 1. The van der Waals surface area contributed by atoms with Crippen LogP contribution in [0.15, 0.2) is 24.3 Å². The minimum Gasteiger partial charge on any atom is -0.383 e. The van der Waals surface area contributed by atoms with Crippen LogP contribution in [0.5, 0.6) is 0 Å². The highest BCUT2D eigenvalue weighted by Crippen LogP contribution is 2.17. The molecule has 1 rings (SSSR count). The summed E-state index contributed by atoms with van der Waals surface area (Å²) < 4.78 is 0. The minimum absolute atomic E-state index is 0.0492. The predicted molar refractivity (Wildman–Crippen MR) is 82.6 cm³/mol. The van der Waals surface area contributed by atoms with E-state index < -0.39 is 0 Å². The molecular weight excluding hydrogens is 236 g/mol. The third kappa shape index (κ3) is 6.27. The predicted octanol–water partition coefficient (Wildman–Crippen LogP) is 4.42. The van der Waals surface area contributed by atoms with Gasteiger partial charge in [0.2, 0.25) is 5.91 Å². The molecule has 0 radical (unpaired) electrons. The molecule has 1 amide bonds. The SMILES string of the molecule is CCCCCC(C)Nc1cccc(NC(=O)CC)c1. The average Bonchev–Trinajstić information content (AvgIpc) is 2.39. The zero-order valence-corrected chi connectivity index (χ0v) is 12.3. The van der Waals surface area contributed by atoms with Gasteiger partial charge in [-0.15, -0.1) is 0 Å². The van der Waals surface area contributed by atoms with Crippen molar-refractivity contribution in [2.24, 2.45) is 0 Å². The van der Waals surface area contributed by atoms with Gasteiger partial charge in [-0.05, 0) is 31.5 Å². The maximum absolute atomic E-state index is 11.4. The van der Waals surface area contributed by atoms with E-state index >= 15 is 0 Å². The summed E-state index contributed by atoms with van der Waals surface area (Å²) in [4.78, 5) is 11.4. The lowest BCUT2D eigenvalue weighted by atomic mass is 10.1. The van der Waals surface area contributed by atoms with E-state index in [4.69, 9.17) is 0 Å². The first kappa shape index (κ1) is 15.5. The van der Waals surface area contributed by atoms with Crippen LogP contribution in [0.2, 0.25) is 0 Å². The molecule has 19 heavy (non-hydrogen) atoms. The third-order valence-electron chi connectivity index (χ3n) is 3.12. The molecule has 0 saturated heterocycles. The van der Waals surface area contributed by atoms with Crippen LogP contribution in [-0.2, 0) is 4.79 Å². The fourth-order valence-electron chi connectivity index (χ4n) is 1.99.